The van der Waals surface area contributed by atoms with Crippen molar-refractivity contribution in [2.75, 3.05) is 13.7 Å². The number of aryl methyl sites for hydroxylation is 1. The molecule has 3 nitrogen and oxygen atoms in total. The summed E-state index contributed by atoms with van der Waals surface area (Å²) in [6.07, 6.45) is 8.97. The molecule has 2 aromatic rings. The first-order valence-corrected chi connectivity index (χ1v) is 8.51. The standard InChI is InChI=1S/C22H22O3/c1-3-4-16-5-8-19(21(12-16)24-2)9-6-17-7-10-20-11-18(14-23)15-25-22(20)13-17/h5-14H,3-4,15H2,1-2H3. The molecule has 0 saturated heterocycles. The van der Waals surface area contributed by atoms with Crippen LogP contribution in [0, 0.1) is 0 Å². The summed E-state index contributed by atoms with van der Waals surface area (Å²) in [6.45, 7) is 2.50. The van der Waals surface area contributed by atoms with Gasteiger partial charge in [-0.05, 0) is 35.8 Å². The quantitative estimate of drug-likeness (QED) is 0.563. The number of benzene rings is 2. The number of fused-ring (bicyclic) bond motifs is 1. The minimum atomic E-state index is 0.330. The molecule has 0 atom stereocenters. The lowest BCUT2D eigenvalue weighted by molar-refractivity contribution is -0.105. The SMILES string of the molecule is CCCc1ccc(C=Cc2ccc3c(c2)OCC(C=O)=C3)c(OC)c1. The third-order valence-electron chi connectivity index (χ3n) is 4.22. The highest BCUT2D eigenvalue weighted by Gasteiger charge is 2.11. The maximum atomic E-state index is 10.9. The second kappa shape index (κ2) is 7.84. The molecule has 0 amide bonds. The molecule has 0 aromatic heterocycles. The molecule has 0 N–H and O–H groups in total. The second-order valence-corrected chi connectivity index (χ2v) is 6.08. The molecule has 0 unspecified atom stereocenters. The minimum absolute atomic E-state index is 0.330. The molecule has 25 heavy (non-hydrogen) atoms. The normalized spacial score (nSPS) is 13.1. The van der Waals surface area contributed by atoms with Crippen LogP contribution < -0.4 is 9.47 Å². The van der Waals surface area contributed by atoms with Crippen LogP contribution in [0.25, 0.3) is 18.2 Å². The number of carbonyl (C=O) groups excluding carboxylic acids is 1. The molecule has 0 saturated carbocycles. The van der Waals surface area contributed by atoms with Gasteiger partial charge in [0.05, 0.1) is 7.11 Å². The molecule has 1 aliphatic rings. The summed E-state index contributed by atoms with van der Waals surface area (Å²) in [4.78, 5) is 10.9. The van der Waals surface area contributed by atoms with Crippen LogP contribution in [0.2, 0.25) is 0 Å². The van der Waals surface area contributed by atoms with E-state index in [1.165, 1.54) is 5.56 Å². The van der Waals surface area contributed by atoms with Crippen molar-refractivity contribution < 1.29 is 14.3 Å². The fourth-order valence-corrected chi connectivity index (χ4v) is 2.89. The highest BCUT2D eigenvalue weighted by Crippen LogP contribution is 2.28. The van der Waals surface area contributed by atoms with Crippen molar-refractivity contribution in [2.24, 2.45) is 0 Å². The smallest absolute Gasteiger partial charge is 0.149 e. The summed E-state index contributed by atoms with van der Waals surface area (Å²) in [5.41, 5.74) is 4.97. The van der Waals surface area contributed by atoms with Gasteiger partial charge >= 0.3 is 0 Å². The molecule has 0 radical (unpaired) electrons. The van der Waals surface area contributed by atoms with Crippen LogP contribution >= 0.6 is 0 Å². The summed E-state index contributed by atoms with van der Waals surface area (Å²) in [6, 6.07) is 12.3. The van der Waals surface area contributed by atoms with Crippen molar-refractivity contribution in [1.29, 1.82) is 0 Å². The van der Waals surface area contributed by atoms with Crippen LogP contribution in [0.3, 0.4) is 0 Å². The van der Waals surface area contributed by atoms with Crippen LogP contribution in [0.1, 0.15) is 35.6 Å². The van der Waals surface area contributed by atoms with E-state index >= 15 is 0 Å². The van der Waals surface area contributed by atoms with Gasteiger partial charge in [-0.1, -0.05) is 49.8 Å². The van der Waals surface area contributed by atoms with Crippen molar-refractivity contribution in [3.05, 3.63) is 64.2 Å². The average molecular weight is 334 g/mol. The minimum Gasteiger partial charge on any atom is -0.496 e. The molecule has 0 fully saturated rings. The zero-order chi connectivity index (χ0) is 17.6. The summed E-state index contributed by atoms with van der Waals surface area (Å²) < 4.78 is 11.2. The Kier molecular flexibility index (Phi) is 5.34. The van der Waals surface area contributed by atoms with E-state index in [4.69, 9.17) is 9.47 Å². The number of ether oxygens (including phenoxy) is 2. The van der Waals surface area contributed by atoms with E-state index in [1.807, 2.05) is 36.4 Å². The van der Waals surface area contributed by atoms with Crippen molar-refractivity contribution >= 4 is 24.5 Å². The van der Waals surface area contributed by atoms with Gasteiger partial charge in [0, 0.05) is 16.7 Å². The number of rotatable bonds is 6. The Balaban J connectivity index is 1.83. The average Bonchev–Trinajstić information content (AvgIpc) is 2.66. The highest BCUT2D eigenvalue weighted by molar-refractivity contribution is 5.85. The van der Waals surface area contributed by atoms with Crippen LogP contribution in [0.5, 0.6) is 11.5 Å². The van der Waals surface area contributed by atoms with Crippen molar-refractivity contribution in [3.8, 4) is 11.5 Å². The van der Waals surface area contributed by atoms with E-state index in [0.29, 0.717) is 12.2 Å². The Hall–Kier alpha value is -2.81. The summed E-state index contributed by atoms with van der Waals surface area (Å²) in [5, 5.41) is 0. The highest BCUT2D eigenvalue weighted by atomic mass is 16.5. The van der Waals surface area contributed by atoms with Crippen molar-refractivity contribution in [1.82, 2.24) is 0 Å². The Morgan fingerprint density at radius 1 is 1.16 bits per heavy atom. The van der Waals surface area contributed by atoms with Gasteiger partial charge in [-0.15, -0.1) is 0 Å². The molecular formula is C22H22O3. The predicted octanol–water partition coefficient (Wildman–Crippen LogP) is 4.79. The Bertz CT molecular complexity index is 831. The predicted molar refractivity (Wildman–Crippen MR) is 102 cm³/mol. The molecule has 1 aliphatic heterocycles. The van der Waals surface area contributed by atoms with Gasteiger partial charge in [-0.3, -0.25) is 4.79 Å². The summed E-state index contributed by atoms with van der Waals surface area (Å²) >= 11 is 0. The van der Waals surface area contributed by atoms with E-state index in [-0.39, 0.29) is 0 Å². The first kappa shape index (κ1) is 17.0. The maximum absolute atomic E-state index is 10.9. The van der Waals surface area contributed by atoms with Crippen LogP contribution in [-0.2, 0) is 11.2 Å². The van der Waals surface area contributed by atoms with Gasteiger partial charge in [-0.2, -0.15) is 0 Å². The number of aldehydes is 1. The van der Waals surface area contributed by atoms with Gasteiger partial charge in [0.1, 0.15) is 24.4 Å². The van der Waals surface area contributed by atoms with E-state index in [1.54, 1.807) is 7.11 Å². The zero-order valence-corrected chi connectivity index (χ0v) is 14.6. The lowest BCUT2D eigenvalue weighted by atomic mass is 10.0. The van der Waals surface area contributed by atoms with Crippen molar-refractivity contribution in [3.63, 3.8) is 0 Å². The lowest BCUT2D eigenvalue weighted by Crippen LogP contribution is -2.07. The fourth-order valence-electron chi connectivity index (χ4n) is 2.89. The second-order valence-electron chi connectivity index (χ2n) is 6.08. The molecule has 2 aromatic carbocycles. The Morgan fingerprint density at radius 3 is 2.80 bits per heavy atom. The van der Waals surface area contributed by atoms with Crippen LogP contribution in [-0.4, -0.2) is 20.0 Å². The number of hydrogen-bond acceptors (Lipinski definition) is 3. The van der Waals surface area contributed by atoms with E-state index in [2.05, 4.69) is 25.1 Å². The summed E-state index contributed by atoms with van der Waals surface area (Å²) in [5.74, 6) is 1.69. The van der Waals surface area contributed by atoms with Crippen molar-refractivity contribution in [2.45, 2.75) is 19.8 Å². The first-order valence-electron chi connectivity index (χ1n) is 8.51. The van der Waals surface area contributed by atoms with Gasteiger partial charge in [0.25, 0.3) is 0 Å². The monoisotopic (exact) mass is 334 g/mol. The zero-order valence-electron chi connectivity index (χ0n) is 14.6. The third-order valence-corrected chi connectivity index (χ3v) is 4.22. The lowest BCUT2D eigenvalue weighted by Gasteiger charge is -2.15. The van der Waals surface area contributed by atoms with E-state index in [0.717, 1.165) is 47.3 Å². The molecule has 3 heteroatoms. The summed E-state index contributed by atoms with van der Waals surface area (Å²) in [7, 11) is 1.70. The molecule has 0 spiro atoms. The van der Waals surface area contributed by atoms with E-state index < -0.39 is 0 Å². The van der Waals surface area contributed by atoms with E-state index in [9.17, 15) is 4.79 Å². The van der Waals surface area contributed by atoms with Crippen LogP contribution in [0.4, 0.5) is 0 Å². The van der Waals surface area contributed by atoms with Gasteiger partial charge in [-0.25, -0.2) is 0 Å². The molecule has 3 rings (SSSR count). The van der Waals surface area contributed by atoms with Crippen LogP contribution in [0.15, 0.2) is 42.0 Å². The third kappa shape index (κ3) is 4.00. The molecular weight excluding hydrogens is 312 g/mol. The molecule has 0 bridgehead atoms. The number of carbonyl (C=O) groups is 1. The molecule has 0 aliphatic carbocycles. The van der Waals surface area contributed by atoms with Gasteiger partial charge in [0.2, 0.25) is 0 Å². The van der Waals surface area contributed by atoms with Gasteiger partial charge < -0.3 is 9.47 Å². The largest absolute Gasteiger partial charge is 0.496 e. The molecule has 1 heterocycles. The van der Waals surface area contributed by atoms with Gasteiger partial charge in [0.15, 0.2) is 0 Å². The maximum Gasteiger partial charge on any atom is 0.149 e. The number of methoxy groups -OCH3 is 1. The number of hydrogen-bond donors (Lipinski definition) is 0. The Labute approximate surface area is 148 Å². The Morgan fingerprint density at radius 2 is 2.04 bits per heavy atom. The topological polar surface area (TPSA) is 35.5 Å². The molecule has 128 valence electrons. The fraction of sp³-hybridized carbons (Fsp3) is 0.227. The first-order chi connectivity index (χ1) is 12.2.